The van der Waals surface area contributed by atoms with Gasteiger partial charge in [-0.05, 0) is 49.5 Å². The van der Waals surface area contributed by atoms with Crippen molar-refractivity contribution in [2.24, 2.45) is 5.92 Å². The maximum absolute atomic E-state index is 12.5. The van der Waals surface area contributed by atoms with Gasteiger partial charge in [-0.1, -0.05) is 29.5 Å². The first-order chi connectivity index (χ1) is 13.5. The Morgan fingerprint density at radius 1 is 1.36 bits per heavy atom. The van der Waals surface area contributed by atoms with Gasteiger partial charge >= 0.3 is 0 Å². The van der Waals surface area contributed by atoms with Crippen molar-refractivity contribution in [1.29, 1.82) is 0 Å². The molecule has 0 unspecified atom stereocenters. The highest BCUT2D eigenvalue weighted by Crippen LogP contribution is 2.41. The van der Waals surface area contributed by atoms with Crippen LogP contribution in [-0.4, -0.2) is 51.3 Å². The number of hydrogen-bond acceptors (Lipinski definition) is 4. The third kappa shape index (κ3) is 3.54. The Bertz CT molecular complexity index is 944. The number of rotatable bonds is 6. The standard InChI is InChI=1S/C20H22ClN5O2/c1-3-18(27)25-10-13(11-25)9-22-20(28)19-12(2)26(24-23-19)17-7-6-15(8-16(17)21)14-4-5-14/h3,6-8,13-14H,1,4-5,9-11H2,2H3,(H,22,28). The molecule has 1 aliphatic heterocycles. The fourth-order valence-corrected chi connectivity index (χ4v) is 3.73. The molecule has 0 radical (unpaired) electrons. The van der Waals surface area contributed by atoms with Gasteiger partial charge in [-0.2, -0.15) is 0 Å². The van der Waals surface area contributed by atoms with Crippen molar-refractivity contribution in [2.45, 2.75) is 25.7 Å². The summed E-state index contributed by atoms with van der Waals surface area (Å²) in [6, 6.07) is 5.97. The zero-order chi connectivity index (χ0) is 19.8. The van der Waals surface area contributed by atoms with Gasteiger partial charge in [0.1, 0.15) is 0 Å². The minimum absolute atomic E-state index is 0.0778. The van der Waals surface area contributed by atoms with Crippen molar-refractivity contribution in [3.05, 3.63) is 52.8 Å². The highest BCUT2D eigenvalue weighted by molar-refractivity contribution is 6.32. The molecule has 0 spiro atoms. The normalized spacial score (nSPS) is 16.6. The van der Waals surface area contributed by atoms with Gasteiger partial charge in [-0.3, -0.25) is 9.59 Å². The van der Waals surface area contributed by atoms with Crippen LogP contribution >= 0.6 is 11.6 Å². The third-order valence-corrected chi connectivity index (χ3v) is 5.66. The molecular formula is C20H22ClN5O2. The van der Waals surface area contributed by atoms with Crippen molar-refractivity contribution >= 4 is 23.4 Å². The van der Waals surface area contributed by atoms with Crippen LogP contribution in [0, 0.1) is 12.8 Å². The van der Waals surface area contributed by atoms with Crippen LogP contribution in [0.3, 0.4) is 0 Å². The number of halogens is 1. The summed E-state index contributed by atoms with van der Waals surface area (Å²) in [6.07, 6.45) is 3.73. The molecule has 0 bridgehead atoms. The van der Waals surface area contributed by atoms with Gasteiger partial charge in [0.2, 0.25) is 5.91 Å². The van der Waals surface area contributed by atoms with Crippen LogP contribution in [0.25, 0.3) is 5.69 Å². The third-order valence-electron chi connectivity index (χ3n) is 5.35. The van der Waals surface area contributed by atoms with E-state index in [-0.39, 0.29) is 23.4 Å². The minimum atomic E-state index is -0.275. The second kappa shape index (κ2) is 7.39. The van der Waals surface area contributed by atoms with E-state index < -0.39 is 0 Å². The molecule has 2 amide bonds. The quantitative estimate of drug-likeness (QED) is 0.757. The van der Waals surface area contributed by atoms with E-state index in [4.69, 9.17) is 11.6 Å². The average Bonchev–Trinajstić information content (AvgIpc) is 3.43. The van der Waals surface area contributed by atoms with Gasteiger partial charge < -0.3 is 10.2 Å². The predicted octanol–water partition coefficient (Wildman–Crippen LogP) is 2.48. The van der Waals surface area contributed by atoms with Crippen LogP contribution in [0.1, 0.15) is 40.5 Å². The lowest BCUT2D eigenvalue weighted by Crippen LogP contribution is -2.53. The summed E-state index contributed by atoms with van der Waals surface area (Å²) in [5.41, 5.74) is 2.87. The van der Waals surface area contributed by atoms with Crippen LogP contribution in [0.2, 0.25) is 5.02 Å². The molecule has 146 valence electrons. The number of aromatic nitrogens is 3. The van der Waals surface area contributed by atoms with Crippen molar-refractivity contribution in [3.8, 4) is 5.69 Å². The molecule has 1 N–H and O–H groups in total. The summed E-state index contributed by atoms with van der Waals surface area (Å²) in [7, 11) is 0. The number of carbonyl (C=O) groups excluding carboxylic acids is 2. The number of benzene rings is 1. The van der Waals surface area contributed by atoms with Gasteiger partial charge in [0, 0.05) is 25.6 Å². The van der Waals surface area contributed by atoms with Crippen molar-refractivity contribution in [3.63, 3.8) is 0 Å². The molecule has 1 saturated carbocycles. The predicted molar refractivity (Wildman–Crippen MR) is 106 cm³/mol. The highest BCUT2D eigenvalue weighted by Gasteiger charge is 2.30. The number of nitrogens with zero attached hydrogens (tertiary/aromatic N) is 4. The van der Waals surface area contributed by atoms with Crippen LogP contribution in [0.15, 0.2) is 30.9 Å². The van der Waals surface area contributed by atoms with Gasteiger partial charge in [-0.15, -0.1) is 5.10 Å². The molecule has 1 aromatic carbocycles. The van der Waals surface area contributed by atoms with Gasteiger partial charge in [0.25, 0.3) is 5.91 Å². The van der Waals surface area contributed by atoms with Gasteiger partial charge in [-0.25, -0.2) is 4.68 Å². The van der Waals surface area contributed by atoms with E-state index in [0.717, 1.165) is 0 Å². The maximum Gasteiger partial charge on any atom is 0.273 e. The smallest absolute Gasteiger partial charge is 0.273 e. The van der Waals surface area contributed by atoms with E-state index in [2.05, 4.69) is 28.3 Å². The Morgan fingerprint density at radius 3 is 2.75 bits per heavy atom. The van der Waals surface area contributed by atoms with Gasteiger partial charge in [0.05, 0.1) is 16.4 Å². The highest BCUT2D eigenvalue weighted by atomic mass is 35.5. The molecule has 4 rings (SSSR count). The van der Waals surface area contributed by atoms with E-state index in [1.807, 2.05) is 12.1 Å². The molecule has 8 heteroatoms. The molecule has 1 aromatic heterocycles. The Kier molecular flexibility index (Phi) is 4.93. The van der Waals surface area contributed by atoms with E-state index >= 15 is 0 Å². The minimum Gasteiger partial charge on any atom is -0.350 e. The van der Waals surface area contributed by atoms with Crippen molar-refractivity contribution in [2.75, 3.05) is 19.6 Å². The first kappa shape index (κ1) is 18.7. The fourth-order valence-electron chi connectivity index (χ4n) is 3.46. The zero-order valence-corrected chi connectivity index (χ0v) is 16.4. The molecule has 0 atom stereocenters. The number of hydrogen-bond donors (Lipinski definition) is 1. The number of nitrogens with one attached hydrogen (secondary N) is 1. The Labute approximate surface area is 168 Å². The Morgan fingerprint density at radius 2 is 2.11 bits per heavy atom. The molecule has 1 aliphatic carbocycles. The van der Waals surface area contributed by atoms with E-state index in [0.29, 0.717) is 42.0 Å². The van der Waals surface area contributed by atoms with Crippen LogP contribution in [0.4, 0.5) is 0 Å². The average molecular weight is 400 g/mol. The first-order valence-electron chi connectivity index (χ1n) is 9.39. The number of carbonyl (C=O) groups is 2. The van der Waals surface area contributed by atoms with Crippen LogP contribution in [-0.2, 0) is 4.79 Å². The molecule has 28 heavy (non-hydrogen) atoms. The van der Waals surface area contributed by atoms with Crippen molar-refractivity contribution in [1.82, 2.24) is 25.2 Å². The number of amides is 2. The lowest BCUT2D eigenvalue weighted by molar-refractivity contribution is -0.131. The fraction of sp³-hybridized carbons (Fsp3) is 0.400. The number of likely N-dealkylation sites (tertiary alicyclic amines) is 1. The SMILES string of the molecule is C=CC(=O)N1CC(CNC(=O)c2nnn(-c3ccc(C4CC4)cc3Cl)c2C)C1. The summed E-state index contributed by atoms with van der Waals surface area (Å²) in [5.74, 6) is 0.510. The second-order valence-electron chi connectivity index (χ2n) is 7.44. The molecule has 2 aromatic rings. The Hall–Kier alpha value is -2.67. The van der Waals surface area contributed by atoms with E-state index in [1.54, 1.807) is 16.5 Å². The molecule has 2 aliphatic rings. The van der Waals surface area contributed by atoms with E-state index in [1.165, 1.54) is 24.5 Å². The first-order valence-corrected chi connectivity index (χ1v) is 9.77. The summed E-state index contributed by atoms with van der Waals surface area (Å²) < 4.78 is 1.60. The summed E-state index contributed by atoms with van der Waals surface area (Å²) in [6.45, 7) is 7.01. The topological polar surface area (TPSA) is 80.1 Å². The van der Waals surface area contributed by atoms with Crippen LogP contribution in [0.5, 0.6) is 0 Å². The summed E-state index contributed by atoms with van der Waals surface area (Å²) in [5, 5.41) is 11.7. The lowest BCUT2D eigenvalue weighted by Gasteiger charge is -2.38. The monoisotopic (exact) mass is 399 g/mol. The Balaban J connectivity index is 1.40. The van der Waals surface area contributed by atoms with Crippen LogP contribution < -0.4 is 5.32 Å². The maximum atomic E-state index is 12.5. The molecule has 1 saturated heterocycles. The second-order valence-corrected chi connectivity index (χ2v) is 7.85. The van der Waals surface area contributed by atoms with Crippen molar-refractivity contribution < 1.29 is 9.59 Å². The summed E-state index contributed by atoms with van der Waals surface area (Å²) in [4.78, 5) is 25.7. The lowest BCUT2D eigenvalue weighted by atomic mass is 10.00. The molecule has 2 heterocycles. The largest absolute Gasteiger partial charge is 0.350 e. The van der Waals surface area contributed by atoms with Gasteiger partial charge in [0.15, 0.2) is 5.69 Å². The molecule has 7 nitrogen and oxygen atoms in total. The molecular weight excluding hydrogens is 378 g/mol. The zero-order valence-electron chi connectivity index (χ0n) is 15.7. The molecule has 2 fully saturated rings. The van der Waals surface area contributed by atoms with E-state index in [9.17, 15) is 9.59 Å². The summed E-state index contributed by atoms with van der Waals surface area (Å²) >= 11 is 6.45.